The lowest BCUT2D eigenvalue weighted by Crippen LogP contribution is -2.29. The van der Waals surface area contributed by atoms with Crippen LogP contribution in [0.2, 0.25) is 0 Å². The number of carboxylic acid groups (broad SMARTS) is 1. The summed E-state index contributed by atoms with van der Waals surface area (Å²) in [6.45, 7) is 45.3. The lowest BCUT2D eigenvalue weighted by atomic mass is 10.0. The number of aryl methyl sites for hydroxylation is 17. The van der Waals surface area contributed by atoms with Crippen molar-refractivity contribution in [2.75, 3.05) is 57.2 Å². The topological polar surface area (TPSA) is 287 Å². The number of carbonyl (C=O) groups excluding carboxylic acids is 1. The van der Waals surface area contributed by atoms with Crippen molar-refractivity contribution in [2.24, 2.45) is 11.5 Å². The number of thiol groups is 1. The van der Waals surface area contributed by atoms with Gasteiger partial charge in [0.05, 0.1) is 87.8 Å². The van der Waals surface area contributed by atoms with Crippen LogP contribution in [-0.2, 0) is 4.74 Å². The van der Waals surface area contributed by atoms with E-state index in [1.165, 1.54) is 124 Å². The second-order valence-electron chi connectivity index (χ2n) is 34.8. The van der Waals surface area contributed by atoms with Crippen LogP contribution in [0.4, 0.5) is 11.4 Å². The number of nitrogens with two attached hydrogens (primary N) is 2. The van der Waals surface area contributed by atoms with Gasteiger partial charge in [-0.3, -0.25) is 39.9 Å². The summed E-state index contributed by atoms with van der Waals surface area (Å²) in [6.07, 6.45) is 5.98. The van der Waals surface area contributed by atoms with Gasteiger partial charge >= 0.3 is 11.9 Å². The molecule has 0 amide bonds. The highest BCUT2D eigenvalue weighted by atomic mass is 79.9. The summed E-state index contributed by atoms with van der Waals surface area (Å²) in [6, 6.07) is 62.2. The number of aromatic nitrogens is 8. The van der Waals surface area contributed by atoms with Crippen molar-refractivity contribution in [1.29, 1.82) is 0 Å². The van der Waals surface area contributed by atoms with E-state index in [0.717, 1.165) is 139 Å². The highest BCUT2D eigenvalue weighted by molar-refractivity contribution is 9.10. The van der Waals surface area contributed by atoms with Crippen molar-refractivity contribution in [3.05, 3.63) is 309 Å². The van der Waals surface area contributed by atoms with Gasteiger partial charge in [0.15, 0.2) is 0 Å². The Balaban J connectivity index is 0.000000150. The van der Waals surface area contributed by atoms with Gasteiger partial charge in [0.2, 0.25) is 0 Å². The number of methoxy groups -OCH3 is 1. The minimum absolute atomic E-state index is 0.139. The monoisotopic (exact) mass is 2000 g/mol. The number of nitrogens with zero attached hydrogens (tertiary/aromatic N) is 8. The van der Waals surface area contributed by atoms with E-state index < -0.39 is 5.97 Å². The number of esters is 1. The number of aromatic carboxylic acids is 1. The Hall–Kier alpha value is -12.1. The molecule has 0 bridgehead atoms. The van der Waals surface area contributed by atoms with Gasteiger partial charge in [-0.05, 0) is 310 Å². The maximum atomic E-state index is 11.7. The number of carbonyl (C=O) groups is 2. The number of aromatic hydroxyl groups is 1. The minimum atomic E-state index is -0.899. The molecule has 3 atom stereocenters. The zero-order valence-electron chi connectivity index (χ0n) is 83.4. The lowest BCUT2D eigenvalue weighted by Gasteiger charge is -2.13. The molecule has 0 fully saturated rings. The normalized spacial score (nSPS) is 11.5. The first-order chi connectivity index (χ1) is 65.9. The van der Waals surface area contributed by atoms with Crippen LogP contribution in [0, 0.1) is 118 Å². The third-order valence-electron chi connectivity index (χ3n) is 23.4. The molecule has 0 saturated carbocycles. The van der Waals surface area contributed by atoms with Crippen molar-refractivity contribution in [3.8, 4) is 5.75 Å². The molecular formula is C113H127BrN14O5S5. The average molecular weight is 2000 g/mol. The zero-order chi connectivity index (χ0) is 100. The molecule has 8 aromatic carbocycles. The molecule has 25 heteroatoms. The van der Waals surface area contributed by atoms with Crippen LogP contribution in [-0.4, -0.2) is 127 Å². The molecule has 19 nitrogen and oxygen atoms in total. The molecular weight excluding hydrogens is 1870 g/mol. The molecule has 0 aliphatic carbocycles. The number of ether oxygens (including phenoxy) is 1. The Morgan fingerprint density at radius 1 is 0.413 bits per heavy atom. The highest BCUT2D eigenvalue weighted by Crippen LogP contribution is 2.44. The Morgan fingerprint density at radius 3 is 1.22 bits per heavy atom. The molecule has 12 aromatic heterocycles. The summed E-state index contributed by atoms with van der Waals surface area (Å²) in [5.41, 5.74) is 36.7. The van der Waals surface area contributed by atoms with Crippen LogP contribution in [0.5, 0.6) is 5.75 Å². The van der Waals surface area contributed by atoms with Gasteiger partial charge in [-0.25, -0.2) is 9.59 Å². The van der Waals surface area contributed by atoms with Crippen molar-refractivity contribution in [1.82, 2.24) is 50.5 Å². The van der Waals surface area contributed by atoms with Crippen molar-refractivity contribution >= 4 is 225 Å². The van der Waals surface area contributed by atoms with Crippen LogP contribution >= 0.6 is 73.9 Å². The van der Waals surface area contributed by atoms with Gasteiger partial charge < -0.3 is 47.7 Å². The Bertz CT molecular complexity index is 7600. The number of carboxylic acids is 1. The van der Waals surface area contributed by atoms with Gasteiger partial charge in [-0.15, -0.1) is 45.3 Å². The van der Waals surface area contributed by atoms with Crippen LogP contribution in [0.1, 0.15) is 141 Å². The van der Waals surface area contributed by atoms with Gasteiger partial charge in [-0.1, -0.05) is 97.4 Å². The predicted molar refractivity (Wildman–Crippen MR) is 600 cm³/mol. The van der Waals surface area contributed by atoms with E-state index in [4.69, 9.17) is 21.3 Å². The number of fused-ring (bicyclic) bond motifs is 16. The highest BCUT2D eigenvalue weighted by Gasteiger charge is 2.20. The molecule has 0 radical (unpaired) electrons. The first kappa shape index (κ1) is 106. The first-order valence-corrected chi connectivity index (χ1v) is 50.7. The third kappa shape index (κ3) is 26.5. The predicted octanol–water partition coefficient (Wildman–Crippen LogP) is 28.2. The van der Waals surface area contributed by atoms with Crippen LogP contribution < -0.4 is 32.7 Å². The van der Waals surface area contributed by atoms with Crippen molar-refractivity contribution in [2.45, 2.75) is 164 Å². The molecule has 12 heterocycles. The largest absolute Gasteiger partial charge is 0.506 e. The second-order valence-corrected chi connectivity index (χ2v) is 41.2. The zero-order valence-corrected chi connectivity index (χ0v) is 89.2. The summed E-state index contributed by atoms with van der Waals surface area (Å²) < 4.78 is 10.8. The number of pyridine rings is 8. The Kier molecular flexibility index (Phi) is 37.7. The van der Waals surface area contributed by atoms with Crippen molar-refractivity contribution in [3.63, 3.8) is 0 Å². The fourth-order valence-electron chi connectivity index (χ4n) is 15.6. The molecule has 0 saturated heterocycles. The van der Waals surface area contributed by atoms with Gasteiger partial charge in [0.1, 0.15) is 5.75 Å². The van der Waals surface area contributed by atoms with Gasteiger partial charge in [-0.2, -0.15) is 12.6 Å². The van der Waals surface area contributed by atoms with Crippen LogP contribution in [0.15, 0.2) is 205 Å². The van der Waals surface area contributed by atoms with Crippen LogP contribution in [0.3, 0.4) is 0 Å². The molecule has 3 unspecified atom stereocenters. The summed E-state index contributed by atoms with van der Waals surface area (Å²) in [7, 11) is 5.28. The molecule has 10 N–H and O–H groups in total. The summed E-state index contributed by atoms with van der Waals surface area (Å²) in [4.78, 5) is 63.5. The summed E-state index contributed by atoms with van der Waals surface area (Å²) in [5, 5.41) is 46.2. The number of nitrogens with one attached hydrogen (secondary N) is 4. The molecule has 138 heavy (non-hydrogen) atoms. The summed E-state index contributed by atoms with van der Waals surface area (Å²) in [5.74, 6) is 0.133. The number of hydrogen-bond acceptors (Lipinski definition) is 23. The van der Waals surface area contributed by atoms with E-state index in [1.807, 2.05) is 203 Å². The molecule has 20 rings (SSSR count). The summed E-state index contributed by atoms with van der Waals surface area (Å²) >= 11 is 14.4. The van der Waals surface area contributed by atoms with E-state index >= 15 is 0 Å². The molecule has 0 aliphatic heterocycles. The van der Waals surface area contributed by atoms with E-state index in [9.17, 15) is 14.7 Å². The average Bonchev–Trinajstić information content (AvgIpc) is 1.63. The number of rotatable bonds is 11. The molecule has 0 spiro atoms. The third-order valence-corrected chi connectivity index (χ3v) is 28.7. The second kappa shape index (κ2) is 48.9. The quantitative estimate of drug-likeness (QED) is 0.0430. The van der Waals surface area contributed by atoms with E-state index in [2.05, 4.69) is 256 Å². The number of anilines is 2. The number of likely N-dealkylation sites (N-methyl/N-ethyl adjacent to an activating group) is 2. The van der Waals surface area contributed by atoms with Crippen LogP contribution in [0.25, 0.3) is 128 Å². The standard InChI is InChI=1S/C17H21N3S.C16H19N3S.C14H13NS.C13H13NO2.C13H11NOS.C12H11NO2.C11H10BrN.C11H11N.C4H12N2.C2H6S/c1-10-5-6-13-14(7-10)19-9-15-16(13)17(12(3)21-15)20-8-11(2)18-4;1-9-4-5-12-13(6-9)18-8-14-15(12)16(11(3)20-14)19-7-10(2)17;1-8-4-5-11-12(6-8)15-7-13-14(11)9(2)10(3)16-13;1-8-4-7-11-10(6-5-9(2)14-11)12(8)13(15)16-3;1-7-3-4-9-10(14-7)5-6-11-12(9)13(15)8(2)16-11;1-7-3-6-10-9(11(7)12(14)15)5-4-8(2)13-10;1-7-3-6-10-9(11(7)12)5-4-8(2)13-10;1-8-3-6-11-10(7-8)5-4-9(2)12-11;1-4(3-5)6-2;1-2-3/h5-7,9,11,18,20H,8H2,1-4H3;4-6,8,10,19H,7,17H2,1-3H3;2*4-7H,1-3H3;3-6,15H,1-2H3;3-6H,1-2H3,(H,14,15);3-6H,1-2H3;3-7H,1-2H3;4,6H,3,5H2,1-2H3;3H,2H2,1H3. The maximum Gasteiger partial charge on any atom is 0.338 e. The number of hydrogen-bond donors (Lipinski definition) is 9. The molecule has 0 aliphatic rings. The first-order valence-electron chi connectivity index (χ1n) is 46.0. The van der Waals surface area contributed by atoms with Crippen molar-refractivity contribution < 1.29 is 24.5 Å². The smallest absolute Gasteiger partial charge is 0.338 e. The molecule has 20 aromatic rings. The van der Waals surface area contributed by atoms with E-state index in [0.29, 0.717) is 34.3 Å². The maximum absolute atomic E-state index is 11.7. The Morgan fingerprint density at radius 2 is 0.768 bits per heavy atom. The van der Waals surface area contributed by atoms with E-state index in [-0.39, 0.29) is 12.0 Å². The molecule has 716 valence electrons. The fourth-order valence-corrected chi connectivity index (χ4v) is 20.1. The lowest BCUT2D eigenvalue weighted by molar-refractivity contribution is 0.0601. The minimum Gasteiger partial charge on any atom is -0.506 e. The number of halogens is 1. The number of benzene rings is 8. The Labute approximate surface area is 839 Å². The SMILES string of the molecule is CCS.CNC(C)CN.CNC(C)CNc1c(C)sc2cnc3cc(C)ccc3c12.COC(=O)c1c(C)ccc2nc(C)ccc12.Cc1ccc2c(Br)c(C)ccc2n1.Cc1ccc2c(C(=O)O)c(C)ccc2n1.Cc1ccc2c(c1)ncc1sc(C)c(C)c12.Cc1ccc2c(c1)ncc1sc(C)c(NCC(C)N)c12.Cc1ccc2c(ccc3sc(C)c(O)c32)n1.Cc1ccc2nc(C)ccc2c1. The van der Waals surface area contributed by atoms with Gasteiger partial charge in [0, 0.05) is 178 Å². The fraction of sp³-hybridized carbons (Fsp3) is 0.274. The van der Waals surface area contributed by atoms with Gasteiger partial charge in [0.25, 0.3) is 0 Å². The van der Waals surface area contributed by atoms with E-state index in [1.54, 1.807) is 35.7 Å². The number of thiophene rings is 4.